The van der Waals surface area contributed by atoms with Crippen molar-refractivity contribution < 1.29 is 0 Å². The summed E-state index contributed by atoms with van der Waals surface area (Å²) in [6.07, 6.45) is 5.45. The van der Waals surface area contributed by atoms with E-state index in [4.69, 9.17) is 0 Å². The monoisotopic (exact) mass is 239 g/mol. The number of hydrogen-bond donors (Lipinski definition) is 0. The molecule has 1 heterocycles. The summed E-state index contributed by atoms with van der Waals surface area (Å²) in [5, 5.41) is 0. The fourth-order valence-electron chi connectivity index (χ4n) is 3.16. The molecule has 3 rings (SSSR count). The quantitative estimate of drug-likeness (QED) is 0.703. The Hall–Kier alpha value is -1.50. The van der Waals surface area contributed by atoms with Crippen LogP contribution < -0.4 is 0 Å². The highest BCUT2D eigenvalue weighted by molar-refractivity contribution is 5.61. The van der Waals surface area contributed by atoms with Gasteiger partial charge in [0.2, 0.25) is 0 Å². The molecule has 1 aromatic carbocycles. The Morgan fingerprint density at radius 2 is 1.56 bits per heavy atom. The third-order valence-electron chi connectivity index (χ3n) is 4.16. The fourth-order valence-corrected chi connectivity index (χ4v) is 3.16. The number of rotatable bonds is 2. The summed E-state index contributed by atoms with van der Waals surface area (Å²) >= 11 is 0. The van der Waals surface area contributed by atoms with Crippen LogP contribution in [0.1, 0.15) is 43.0 Å². The van der Waals surface area contributed by atoms with Gasteiger partial charge in [-0.1, -0.05) is 42.7 Å². The minimum Gasteiger partial charge on any atom is -0.342 e. The van der Waals surface area contributed by atoms with Crippen LogP contribution >= 0.6 is 0 Å². The second kappa shape index (κ2) is 4.64. The Kier molecular flexibility index (Phi) is 2.99. The first-order valence-corrected chi connectivity index (χ1v) is 7.00. The van der Waals surface area contributed by atoms with Crippen LogP contribution in [0.15, 0.2) is 36.4 Å². The second-order valence-corrected chi connectivity index (χ2v) is 5.53. The summed E-state index contributed by atoms with van der Waals surface area (Å²) in [5.74, 6) is 0. The van der Waals surface area contributed by atoms with E-state index >= 15 is 0 Å². The Morgan fingerprint density at radius 3 is 2.22 bits per heavy atom. The zero-order chi connectivity index (χ0) is 12.5. The Bertz CT molecular complexity index is 527. The zero-order valence-electron chi connectivity index (χ0n) is 11.3. The lowest BCUT2D eigenvalue weighted by Crippen LogP contribution is -2.07. The van der Waals surface area contributed by atoms with Gasteiger partial charge in [-0.2, -0.15) is 0 Å². The Labute approximate surface area is 109 Å². The fraction of sp³-hybridized carbons (Fsp3) is 0.412. The first-order chi connectivity index (χ1) is 8.75. The standard InChI is InChI=1S/C17H21N/c1-13-7-10-15(11-8-13)17-12-9-14(2)18(17)16-5-3-4-6-16/h7-12,16H,3-6H2,1-2H3. The van der Waals surface area contributed by atoms with Crippen LogP contribution in [-0.4, -0.2) is 4.57 Å². The number of nitrogens with zero attached hydrogens (tertiary/aromatic N) is 1. The van der Waals surface area contributed by atoms with Gasteiger partial charge in [-0.25, -0.2) is 0 Å². The molecule has 0 N–H and O–H groups in total. The van der Waals surface area contributed by atoms with Crippen molar-refractivity contribution in [3.05, 3.63) is 47.7 Å². The largest absolute Gasteiger partial charge is 0.342 e. The summed E-state index contributed by atoms with van der Waals surface area (Å²) in [7, 11) is 0. The van der Waals surface area contributed by atoms with E-state index in [0.29, 0.717) is 0 Å². The molecule has 0 amide bonds. The van der Waals surface area contributed by atoms with Crippen molar-refractivity contribution >= 4 is 0 Å². The predicted molar refractivity (Wildman–Crippen MR) is 76.8 cm³/mol. The highest BCUT2D eigenvalue weighted by Crippen LogP contribution is 2.35. The molecular weight excluding hydrogens is 218 g/mol. The molecule has 1 fully saturated rings. The maximum Gasteiger partial charge on any atom is 0.0484 e. The third-order valence-corrected chi connectivity index (χ3v) is 4.16. The lowest BCUT2D eigenvalue weighted by Gasteiger charge is -2.19. The molecule has 18 heavy (non-hydrogen) atoms. The SMILES string of the molecule is Cc1ccc(-c2ccc(C)n2C2CCCC2)cc1. The normalized spacial score (nSPS) is 16.3. The van der Waals surface area contributed by atoms with E-state index in [1.54, 1.807) is 0 Å². The smallest absolute Gasteiger partial charge is 0.0484 e. The summed E-state index contributed by atoms with van der Waals surface area (Å²) in [6.45, 7) is 4.38. The predicted octanol–water partition coefficient (Wildman–Crippen LogP) is 4.89. The molecule has 1 heteroatoms. The van der Waals surface area contributed by atoms with Gasteiger partial charge in [0.25, 0.3) is 0 Å². The second-order valence-electron chi connectivity index (χ2n) is 5.53. The highest BCUT2D eigenvalue weighted by atomic mass is 15.0. The van der Waals surface area contributed by atoms with Gasteiger partial charge >= 0.3 is 0 Å². The molecule has 2 aromatic rings. The molecule has 1 nitrogen and oxygen atoms in total. The van der Waals surface area contributed by atoms with Crippen LogP contribution in [0.3, 0.4) is 0 Å². The van der Waals surface area contributed by atoms with Crippen LogP contribution in [0.4, 0.5) is 0 Å². The minimum absolute atomic E-state index is 0.719. The molecule has 1 aliphatic carbocycles. The van der Waals surface area contributed by atoms with E-state index in [1.165, 1.54) is 48.2 Å². The van der Waals surface area contributed by atoms with E-state index in [9.17, 15) is 0 Å². The number of aryl methyl sites for hydroxylation is 2. The lowest BCUT2D eigenvalue weighted by molar-refractivity contribution is 0.515. The van der Waals surface area contributed by atoms with Crippen molar-refractivity contribution in [1.29, 1.82) is 0 Å². The van der Waals surface area contributed by atoms with E-state index in [-0.39, 0.29) is 0 Å². The third kappa shape index (κ3) is 1.98. The maximum atomic E-state index is 2.55. The van der Waals surface area contributed by atoms with Crippen LogP contribution in [0.25, 0.3) is 11.3 Å². The highest BCUT2D eigenvalue weighted by Gasteiger charge is 2.20. The van der Waals surface area contributed by atoms with Crippen LogP contribution in [0.2, 0.25) is 0 Å². The molecule has 0 spiro atoms. The lowest BCUT2D eigenvalue weighted by atomic mass is 10.1. The topological polar surface area (TPSA) is 4.93 Å². The molecule has 1 aromatic heterocycles. The van der Waals surface area contributed by atoms with E-state index < -0.39 is 0 Å². The van der Waals surface area contributed by atoms with E-state index in [1.807, 2.05) is 0 Å². The van der Waals surface area contributed by atoms with Gasteiger partial charge in [0.1, 0.15) is 0 Å². The van der Waals surface area contributed by atoms with Crippen molar-refractivity contribution in [1.82, 2.24) is 4.57 Å². The van der Waals surface area contributed by atoms with Crippen LogP contribution in [0, 0.1) is 13.8 Å². The van der Waals surface area contributed by atoms with E-state index in [2.05, 4.69) is 54.8 Å². The first-order valence-electron chi connectivity index (χ1n) is 7.00. The maximum absolute atomic E-state index is 2.55. The summed E-state index contributed by atoms with van der Waals surface area (Å²) in [5.41, 5.74) is 5.46. The molecule has 94 valence electrons. The van der Waals surface area contributed by atoms with Crippen molar-refractivity contribution in [2.45, 2.75) is 45.6 Å². The van der Waals surface area contributed by atoms with E-state index in [0.717, 1.165) is 6.04 Å². The summed E-state index contributed by atoms with van der Waals surface area (Å²) in [4.78, 5) is 0. The van der Waals surface area contributed by atoms with Gasteiger partial charge in [-0.3, -0.25) is 0 Å². The molecule has 0 bridgehead atoms. The molecule has 0 unspecified atom stereocenters. The Balaban J connectivity index is 2.04. The van der Waals surface area contributed by atoms with Gasteiger partial charge in [0.15, 0.2) is 0 Å². The van der Waals surface area contributed by atoms with Gasteiger partial charge in [0.05, 0.1) is 0 Å². The molecule has 0 radical (unpaired) electrons. The molecule has 0 aliphatic heterocycles. The Morgan fingerprint density at radius 1 is 0.889 bits per heavy atom. The number of hydrogen-bond acceptors (Lipinski definition) is 0. The summed E-state index contributed by atoms with van der Waals surface area (Å²) in [6, 6.07) is 14.2. The van der Waals surface area contributed by atoms with Crippen molar-refractivity contribution in [3.63, 3.8) is 0 Å². The first kappa shape index (κ1) is 11.6. The van der Waals surface area contributed by atoms with Gasteiger partial charge < -0.3 is 4.57 Å². The van der Waals surface area contributed by atoms with Gasteiger partial charge in [-0.15, -0.1) is 0 Å². The average Bonchev–Trinajstić information content (AvgIpc) is 2.99. The molecule has 1 saturated carbocycles. The average molecular weight is 239 g/mol. The number of benzene rings is 1. The van der Waals surface area contributed by atoms with Gasteiger partial charge in [0, 0.05) is 17.4 Å². The van der Waals surface area contributed by atoms with Crippen LogP contribution in [0.5, 0.6) is 0 Å². The molecule has 1 aliphatic rings. The molecular formula is C17H21N. The molecule has 0 atom stereocenters. The zero-order valence-corrected chi connectivity index (χ0v) is 11.3. The van der Waals surface area contributed by atoms with Crippen molar-refractivity contribution in [2.24, 2.45) is 0 Å². The van der Waals surface area contributed by atoms with Gasteiger partial charge in [-0.05, 0) is 44.4 Å². The number of aromatic nitrogens is 1. The van der Waals surface area contributed by atoms with Crippen molar-refractivity contribution in [3.8, 4) is 11.3 Å². The summed E-state index contributed by atoms with van der Waals surface area (Å²) < 4.78 is 2.55. The van der Waals surface area contributed by atoms with Crippen LogP contribution in [-0.2, 0) is 0 Å². The minimum atomic E-state index is 0.719. The molecule has 0 saturated heterocycles. The van der Waals surface area contributed by atoms with Crippen molar-refractivity contribution in [2.75, 3.05) is 0 Å².